The van der Waals surface area contributed by atoms with Crippen molar-refractivity contribution in [2.45, 2.75) is 43.7 Å². The number of rotatable bonds is 9. The van der Waals surface area contributed by atoms with Gasteiger partial charge in [-0.2, -0.15) is 39.5 Å². The first kappa shape index (κ1) is 31.9. The van der Waals surface area contributed by atoms with Crippen molar-refractivity contribution in [3.8, 4) is 0 Å². The van der Waals surface area contributed by atoms with E-state index in [1.165, 1.54) is 18.2 Å². The summed E-state index contributed by atoms with van der Waals surface area (Å²) in [5.41, 5.74) is -2.57. The predicted octanol–water partition coefficient (Wildman–Crippen LogP) is 8.62. The lowest BCUT2D eigenvalue weighted by molar-refractivity contribution is -0.139. The lowest BCUT2D eigenvalue weighted by Crippen LogP contribution is -2.33. The first-order valence-electron chi connectivity index (χ1n) is 10.7. The molecular formula is C24H18Br2F9NO2. The molecule has 2 rings (SSSR count). The Morgan fingerprint density at radius 3 is 2.00 bits per heavy atom. The van der Waals surface area contributed by atoms with Crippen LogP contribution in [0, 0.1) is 0 Å². The zero-order valence-electron chi connectivity index (χ0n) is 19.0. The van der Waals surface area contributed by atoms with Crippen molar-refractivity contribution in [2.75, 3.05) is 6.54 Å². The third-order valence-electron chi connectivity index (χ3n) is 5.02. The lowest BCUT2D eigenvalue weighted by Gasteiger charge is -2.18. The Balaban J connectivity index is 2.24. The minimum absolute atomic E-state index is 0.169. The van der Waals surface area contributed by atoms with Gasteiger partial charge >= 0.3 is 18.5 Å². The topological polar surface area (TPSA) is 46.2 Å². The molecule has 1 unspecified atom stereocenters. The van der Waals surface area contributed by atoms with Crippen LogP contribution in [-0.4, -0.2) is 30.6 Å². The van der Waals surface area contributed by atoms with E-state index in [0.717, 1.165) is 18.2 Å². The SMILES string of the molecule is O=C(CCCC(=O)c1ccc(/C=C/C(c2cc(Br)cc(Br)c2)C(F)(F)F)cc1C(F)(F)F)NCC(F)(F)F. The van der Waals surface area contributed by atoms with Crippen LogP contribution in [0.25, 0.3) is 6.08 Å². The van der Waals surface area contributed by atoms with Crippen LogP contribution in [0.3, 0.4) is 0 Å². The zero-order chi connectivity index (χ0) is 28.9. The molecule has 0 aromatic heterocycles. The van der Waals surface area contributed by atoms with Crippen molar-refractivity contribution in [3.05, 3.63) is 73.7 Å². The van der Waals surface area contributed by atoms with Gasteiger partial charge in [0.15, 0.2) is 5.78 Å². The average molecular weight is 683 g/mol. The second-order valence-corrected chi connectivity index (χ2v) is 9.88. The molecule has 1 amide bonds. The van der Waals surface area contributed by atoms with Gasteiger partial charge in [0.1, 0.15) is 6.54 Å². The van der Waals surface area contributed by atoms with Gasteiger partial charge in [0.2, 0.25) is 5.91 Å². The Hall–Kier alpha value is -2.35. The number of nitrogens with one attached hydrogen (secondary N) is 1. The highest BCUT2D eigenvalue weighted by Crippen LogP contribution is 2.39. The number of amides is 1. The molecule has 0 aliphatic rings. The van der Waals surface area contributed by atoms with Gasteiger partial charge in [0.25, 0.3) is 0 Å². The monoisotopic (exact) mass is 681 g/mol. The number of Topliss-reactive ketones (excluding diaryl/α,β-unsaturated/α-hetero) is 1. The summed E-state index contributed by atoms with van der Waals surface area (Å²) in [4.78, 5) is 23.8. The summed E-state index contributed by atoms with van der Waals surface area (Å²) in [5, 5.41) is 1.58. The van der Waals surface area contributed by atoms with Crippen molar-refractivity contribution >= 4 is 49.6 Å². The lowest BCUT2D eigenvalue weighted by atomic mass is 9.95. The quantitative estimate of drug-likeness (QED) is 0.213. The Labute approximate surface area is 227 Å². The van der Waals surface area contributed by atoms with E-state index in [0.29, 0.717) is 21.1 Å². The van der Waals surface area contributed by atoms with Crippen LogP contribution in [0.5, 0.6) is 0 Å². The minimum Gasteiger partial charge on any atom is -0.347 e. The second kappa shape index (κ2) is 12.7. The van der Waals surface area contributed by atoms with E-state index in [4.69, 9.17) is 0 Å². The van der Waals surface area contributed by atoms with Crippen LogP contribution < -0.4 is 5.32 Å². The number of alkyl halides is 9. The first-order chi connectivity index (χ1) is 17.4. The molecule has 14 heteroatoms. The van der Waals surface area contributed by atoms with Gasteiger partial charge in [0.05, 0.1) is 11.5 Å². The van der Waals surface area contributed by atoms with Crippen LogP contribution in [0.15, 0.2) is 51.4 Å². The molecule has 208 valence electrons. The molecule has 2 aromatic rings. The number of allylic oxidation sites excluding steroid dienone is 1. The largest absolute Gasteiger partial charge is 0.417 e. The average Bonchev–Trinajstić information content (AvgIpc) is 2.75. The fourth-order valence-corrected chi connectivity index (χ4v) is 4.67. The highest BCUT2D eigenvalue weighted by atomic mass is 79.9. The summed E-state index contributed by atoms with van der Waals surface area (Å²) >= 11 is 6.18. The van der Waals surface area contributed by atoms with Gasteiger partial charge < -0.3 is 5.32 Å². The summed E-state index contributed by atoms with van der Waals surface area (Å²) in [6.45, 7) is -1.58. The molecule has 1 N–H and O–H groups in total. The fraction of sp³-hybridized carbons (Fsp3) is 0.333. The van der Waals surface area contributed by atoms with Gasteiger partial charge in [-0.1, -0.05) is 56.1 Å². The van der Waals surface area contributed by atoms with E-state index < -0.39 is 66.7 Å². The standard InChI is InChI=1S/C24H18Br2F9NO2/c25-15-9-14(10-16(26)11-15)18(23(30,31)32)7-5-13-4-6-17(19(8-13)24(33,34)35)20(37)2-1-3-21(38)36-12-22(27,28)29/h4-11,18H,1-3,12H2,(H,36,38)/b7-5+. The molecule has 0 saturated carbocycles. The van der Waals surface area contributed by atoms with Crippen molar-refractivity contribution in [3.63, 3.8) is 0 Å². The number of carbonyl (C=O) groups is 2. The van der Waals surface area contributed by atoms with Gasteiger partial charge in [-0.25, -0.2) is 0 Å². The molecule has 0 bridgehead atoms. The molecule has 0 radical (unpaired) electrons. The summed E-state index contributed by atoms with van der Waals surface area (Å²) < 4.78 is 119. The highest BCUT2D eigenvalue weighted by Gasteiger charge is 2.39. The van der Waals surface area contributed by atoms with Gasteiger partial charge in [-0.05, 0) is 41.8 Å². The maximum absolute atomic E-state index is 13.7. The molecule has 0 aliphatic carbocycles. The van der Waals surface area contributed by atoms with E-state index in [9.17, 15) is 49.1 Å². The molecule has 0 spiro atoms. The molecule has 0 saturated heterocycles. The molecular weight excluding hydrogens is 665 g/mol. The molecule has 2 aromatic carbocycles. The van der Waals surface area contributed by atoms with Crippen LogP contribution in [0.4, 0.5) is 39.5 Å². The third kappa shape index (κ3) is 10.1. The van der Waals surface area contributed by atoms with Crippen molar-refractivity contribution < 1.29 is 49.1 Å². The maximum atomic E-state index is 13.7. The number of hydrogen-bond acceptors (Lipinski definition) is 2. The van der Waals surface area contributed by atoms with Crippen molar-refractivity contribution in [2.24, 2.45) is 0 Å². The number of halogens is 11. The molecule has 0 heterocycles. The van der Waals surface area contributed by atoms with Crippen LogP contribution >= 0.6 is 31.9 Å². The van der Waals surface area contributed by atoms with E-state index in [2.05, 4.69) is 31.9 Å². The summed E-state index contributed by atoms with van der Waals surface area (Å²) in [6, 6.07) is 6.34. The van der Waals surface area contributed by atoms with E-state index in [1.807, 2.05) is 0 Å². The van der Waals surface area contributed by atoms with Crippen molar-refractivity contribution in [1.82, 2.24) is 5.32 Å². The molecule has 0 fully saturated rings. The van der Waals surface area contributed by atoms with E-state index in [1.54, 1.807) is 5.32 Å². The van der Waals surface area contributed by atoms with E-state index in [-0.39, 0.29) is 17.5 Å². The summed E-state index contributed by atoms with van der Waals surface area (Å²) in [6.07, 6.45) is -14.3. The normalized spacial score (nSPS) is 13.6. The number of carbonyl (C=O) groups excluding carboxylic acids is 2. The fourth-order valence-electron chi connectivity index (χ4n) is 3.35. The Kier molecular flexibility index (Phi) is 10.6. The summed E-state index contributed by atoms with van der Waals surface area (Å²) in [7, 11) is 0. The minimum atomic E-state index is -5.03. The molecule has 3 nitrogen and oxygen atoms in total. The van der Waals surface area contributed by atoms with Gasteiger partial charge in [-0.15, -0.1) is 0 Å². The Morgan fingerprint density at radius 1 is 0.868 bits per heavy atom. The van der Waals surface area contributed by atoms with Crippen molar-refractivity contribution in [1.29, 1.82) is 0 Å². The predicted molar refractivity (Wildman–Crippen MR) is 128 cm³/mol. The first-order valence-corrected chi connectivity index (χ1v) is 12.2. The smallest absolute Gasteiger partial charge is 0.347 e. The summed E-state index contributed by atoms with van der Waals surface area (Å²) in [5.74, 6) is -4.19. The zero-order valence-corrected chi connectivity index (χ0v) is 22.2. The van der Waals surface area contributed by atoms with Gasteiger partial charge in [-0.3, -0.25) is 9.59 Å². The highest BCUT2D eigenvalue weighted by molar-refractivity contribution is 9.11. The second-order valence-electron chi connectivity index (χ2n) is 8.05. The third-order valence-corrected chi connectivity index (χ3v) is 5.94. The maximum Gasteiger partial charge on any atom is 0.417 e. The Morgan fingerprint density at radius 2 is 1.47 bits per heavy atom. The van der Waals surface area contributed by atoms with Crippen LogP contribution in [0.2, 0.25) is 0 Å². The molecule has 38 heavy (non-hydrogen) atoms. The van der Waals surface area contributed by atoms with Gasteiger partial charge in [0, 0.05) is 27.4 Å². The molecule has 1 atom stereocenters. The molecule has 0 aliphatic heterocycles. The number of benzene rings is 2. The van der Waals surface area contributed by atoms with Crippen LogP contribution in [0.1, 0.15) is 52.2 Å². The number of ketones is 1. The van der Waals surface area contributed by atoms with E-state index >= 15 is 0 Å². The van der Waals surface area contributed by atoms with Crippen LogP contribution in [-0.2, 0) is 11.0 Å². The number of hydrogen-bond donors (Lipinski definition) is 1. The Bertz CT molecular complexity index is 1170.